The Morgan fingerprint density at radius 1 is 0.957 bits per heavy atom. The van der Waals surface area contributed by atoms with Crippen molar-refractivity contribution < 1.29 is 9.32 Å². The minimum atomic E-state index is 0.173. The third kappa shape index (κ3) is 3.85. The number of fused-ring (bicyclic) bond motifs is 1. The van der Waals surface area contributed by atoms with Gasteiger partial charge in [-0.3, -0.25) is 4.79 Å². The number of carbonyl (C=O) groups excluding carboxylic acids is 1. The molecule has 0 bridgehead atoms. The van der Waals surface area contributed by atoms with E-state index in [1.807, 2.05) is 60.7 Å². The molecule has 0 saturated carbocycles. The molecule has 3 aromatic rings. The molecule has 0 atom stereocenters. The zero-order valence-corrected chi connectivity index (χ0v) is 13.6. The Kier molecular flexibility index (Phi) is 4.85. The number of ketones is 1. The highest BCUT2D eigenvalue weighted by Crippen LogP contribution is 2.19. The Hall–Kier alpha value is -2.44. The fraction of sp³-hybridized carbons (Fsp3) is 0.100. The molecule has 0 amide bonds. The lowest BCUT2D eigenvalue weighted by molar-refractivity contribution is 0.0983. The lowest BCUT2D eigenvalue weighted by Crippen LogP contribution is -2.01. The summed E-state index contributed by atoms with van der Waals surface area (Å²) in [6.07, 6.45) is 4.86. The van der Waals surface area contributed by atoms with Gasteiger partial charge in [0.05, 0.1) is 0 Å². The normalized spacial score (nSPS) is 10.8. The van der Waals surface area contributed by atoms with Gasteiger partial charge in [-0.2, -0.15) is 0 Å². The quantitative estimate of drug-likeness (QED) is 0.453. The van der Waals surface area contributed by atoms with Crippen molar-refractivity contribution in [3.63, 3.8) is 0 Å². The van der Waals surface area contributed by atoms with Crippen LogP contribution in [0.25, 0.3) is 10.8 Å². The molecule has 3 heteroatoms. The predicted octanol–water partition coefficient (Wildman–Crippen LogP) is 5.33. The summed E-state index contributed by atoms with van der Waals surface area (Å²) in [6.45, 7) is 0. The molecule has 0 radical (unpaired) electrons. The molecule has 0 aliphatic rings. The van der Waals surface area contributed by atoms with Gasteiger partial charge in [0.1, 0.15) is 14.2 Å². The van der Waals surface area contributed by atoms with Crippen LogP contribution in [0.3, 0.4) is 0 Å². The largest absolute Gasteiger partial charge is 0.440 e. The van der Waals surface area contributed by atoms with E-state index in [0.717, 1.165) is 34.1 Å². The van der Waals surface area contributed by atoms with Crippen molar-refractivity contribution in [1.82, 2.24) is 0 Å². The van der Waals surface area contributed by atoms with Gasteiger partial charge in [0.2, 0.25) is 0 Å². The van der Waals surface area contributed by atoms with E-state index in [-0.39, 0.29) is 5.78 Å². The van der Waals surface area contributed by atoms with Gasteiger partial charge >= 0.3 is 0 Å². The molecule has 114 valence electrons. The number of hydrogen-bond donors (Lipinski definition) is 0. The molecular formula is C20H17O2P. The number of carbonyl (C=O) groups is 1. The predicted molar refractivity (Wildman–Crippen MR) is 97.7 cm³/mol. The Labute approximate surface area is 137 Å². The average Bonchev–Trinajstić information content (AvgIpc) is 2.60. The minimum absolute atomic E-state index is 0.173. The molecule has 3 aromatic carbocycles. The van der Waals surface area contributed by atoms with Gasteiger partial charge in [-0.05, 0) is 47.3 Å². The van der Waals surface area contributed by atoms with Gasteiger partial charge in [0.25, 0.3) is 0 Å². The SMILES string of the molecule is C=POc1ccc(CCC(=O)c2ccc3ccccc3c2)cc1. The van der Waals surface area contributed by atoms with Crippen LogP contribution in [0, 0.1) is 0 Å². The first kappa shape index (κ1) is 15.5. The van der Waals surface area contributed by atoms with E-state index in [1.54, 1.807) is 0 Å². The summed E-state index contributed by atoms with van der Waals surface area (Å²) >= 11 is 0. The number of hydrogen-bond acceptors (Lipinski definition) is 2. The fourth-order valence-corrected chi connectivity index (χ4v) is 2.83. The van der Waals surface area contributed by atoms with Gasteiger partial charge in [-0.15, -0.1) is 0 Å². The van der Waals surface area contributed by atoms with Crippen molar-refractivity contribution in [3.8, 4) is 5.75 Å². The number of rotatable bonds is 6. The van der Waals surface area contributed by atoms with E-state index in [1.165, 1.54) is 0 Å². The third-order valence-electron chi connectivity index (χ3n) is 3.81. The summed E-state index contributed by atoms with van der Waals surface area (Å²) in [5, 5.41) is 2.26. The number of aryl methyl sites for hydroxylation is 1. The first-order valence-electron chi connectivity index (χ1n) is 7.50. The molecule has 0 fully saturated rings. The lowest BCUT2D eigenvalue weighted by Gasteiger charge is -2.05. The first-order valence-corrected chi connectivity index (χ1v) is 8.50. The van der Waals surface area contributed by atoms with Crippen LogP contribution in [0.4, 0.5) is 0 Å². The zero-order valence-electron chi connectivity index (χ0n) is 12.7. The molecule has 0 unspecified atom stereocenters. The topological polar surface area (TPSA) is 26.3 Å². The summed E-state index contributed by atoms with van der Waals surface area (Å²) < 4.78 is 5.29. The van der Waals surface area contributed by atoms with Crippen LogP contribution in [0.15, 0.2) is 66.7 Å². The van der Waals surface area contributed by atoms with E-state index in [4.69, 9.17) is 4.52 Å². The molecule has 0 saturated heterocycles. The fourth-order valence-electron chi connectivity index (χ4n) is 2.56. The smallest absolute Gasteiger partial charge is 0.163 e. The van der Waals surface area contributed by atoms with Crippen molar-refractivity contribution in [1.29, 1.82) is 0 Å². The Bertz CT molecular complexity index is 838. The van der Waals surface area contributed by atoms with Crippen molar-refractivity contribution in [2.75, 3.05) is 0 Å². The highest BCUT2D eigenvalue weighted by Gasteiger charge is 2.07. The van der Waals surface area contributed by atoms with Gasteiger partial charge in [-0.25, -0.2) is 0 Å². The third-order valence-corrected chi connectivity index (χ3v) is 4.15. The Balaban J connectivity index is 1.67. The average molecular weight is 320 g/mol. The van der Waals surface area contributed by atoms with Gasteiger partial charge < -0.3 is 4.52 Å². The van der Waals surface area contributed by atoms with E-state index >= 15 is 0 Å². The van der Waals surface area contributed by atoms with Crippen LogP contribution in [0.2, 0.25) is 0 Å². The summed E-state index contributed by atoms with van der Waals surface area (Å²) in [4.78, 5) is 12.4. The molecule has 0 aliphatic heterocycles. The van der Waals surface area contributed by atoms with Crippen molar-refractivity contribution in [2.45, 2.75) is 12.8 Å². The van der Waals surface area contributed by atoms with Crippen molar-refractivity contribution >= 4 is 31.3 Å². The molecule has 0 heterocycles. The van der Waals surface area contributed by atoms with Gasteiger partial charge in [0, 0.05) is 12.0 Å². The maximum atomic E-state index is 12.4. The van der Waals surface area contributed by atoms with E-state index in [9.17, 15) is 4.79 Å². The number of benzene rings is 3. The van der Waals surface area contributed by atoms with E-state index in [2.05, 4.69) is 12.4 Å². The molecule has 0 spiro atoms. The second-order valence-corrected chi connectivity index (χ2v) is 5.79. The lowest BCUT2D eigenvalue weighted by atomic mass is 10.00. The van der Waals surface area contributed by atoms with Crippen LogP contribution in [0.5, 0.6) is 5.75 Å². The van der Waals surface area contributed by atoms with E-state index in [0.29, 0.717) is 14.9 Å². The Morgan fingerprint density at radius 2 is 1.70 bits per heavy atom. The monoisotopic (exact) mass is 320 g/mol. The van der Waals surface area contributed by atoms with Crippen molar-refractivity contribution in [2.24, 2.45) is 0 Å². The maximum Gasteiger partial charge on any atom is 0.163 e. The first-order chi connectivity index (χ1) is 11.3. The molecule has 0 aliphatic carbocycles. The zero-order chi connectivity index (χ0) is 16.1. The molecule has 2 nitrogen and oxygen atoms in total. The standard InChI is InChI=1S/C20H17O2P/c1-23-22-19-11-6-15(7-12-19)8-13-20(21)18-10-9-16-4-2-3-5-17(16)14-18/h2-7,9-12,14H,1,8,13H2. The summed E-state index contributed by atoms with van der Waals surface area (Å²) in [7, 11) is 0.635. The summed E-state index contributed by atoms with van der Waals surface area (Å²) in [6, 6.07) is 21.8. The van der Waals surface area contributed by atoms with Crippen molar-refractivity contribution in [3.05, 3.63) is 77.9 Å². The van der Waals surface area contributed by atoms with Gasteiger partial charge in [0.15, 0.2) is 5.78 Å². The summed E-state index contributed by atoms with van der Waals surface area (Å²) in [5.74, 6) is 0.971. The maximum absolute atomic E-state index is 12.4. The highest BCUT2D eigenvalue weighted by molar-refractivity contribution is 7.31. The molecule has 3 rings (SSSR count). The summed E-state index contributed by atoms with van der Waals surface area (Å²) in [5.41, 5.74) is 1.91. The van der Waals surface area contributed by atoms with E-state index < -0.39 is 0 Å². The van der Waals surface area contributed by atoms with Crippen LogP contribution < -0.4 is 4.52 Å². The second kappa shape index (κ2) is 7.21. The highest BCUT2D eigenvalue weighted by atomic mass is 31.1. The van der Waals surface area contributed by atoms with Crippen LogP contribution in [0.1, 0.15) is 22.3 Å². The Morgan fingerprint density at radius 3 is 2.43 bits per heavy atom. The molecule has 0 aromatic heterocycles. The number of Topliss-reactive ketones (excluding diaryl/α,β-unsaturated/α-hetero) is 1. The molecule has 0 N–H and O–H groups in total. The second-order valence-electron chi connectivity index (χ2n) is 5.35. The molecule has 23 heavy (non-hydrogen) atoms. The van der Waals surface area contributed by atoms with Crippen LogP contribution >= 0.6 is 8.43 Å². The van der Waals surface area contributed by atoms with Gasteiger partial charge in [-0.1, -0.05) is 48.5 Å². The molecular weight excluding hydrogens is 303 g/mol. The minimum Gasteiger partial charge on any atom is -0.440 e. The van der Waals surface area contributed by atoms with Crippen LogP contribution in [-0.4, -0.2) is 12.1 Å². The van der Waals surface area contributed by atoms with Crippen LogP contribution in [-0.2, 0) is 6.42 Å².